The van der Waals surface area contributed by atoms with Crippen LogP contribution in [0.4, 0.5) is 5.69 Å². The number of halogens is 1. The summed E-state index contributed by atoms with van der Waals surface area (Å²) in [4.78, 5) is 12.3. The second kappa shape index (κ2) is 4.72. The molecule has 0 spiro atoms. The SMILES string of the molecule is Cc1cc(Br)cc(C(=O)c2ccccc2)c1N. The van der Waals surface area contributed by atoms with Crippen LogP contribution >= 0.6 is 15.9 Å². The standard InChI is InChI=1S/C14H12BrNO/c1-9-7-11(15)8-12(13(9)16)14(17)10-5-3-2-4-6-10/h2-8H,16H2,1H3. The van der Waals surface area contributed by atoms with Crippen molar-refractivity contribution >= 4 is 27.4 Å². The van der Waals surface area contributed by atoms with E-state index in [9.17, 15) is 4.79 Å². The molecule has 2 aromatic carbocycles. The van der Waals surface area contributed by atoms with Gasteiger partial charge >= 0.3 is 0 Å². The molecular formula is C14H12BrNO. The molecule has 2 rings (SSSR count). The molecular weight excluding hydrogens is 278 g/mol. The van der Waals surface area contributed by atoms with Crippen molar-refractivity contribution in [1.82, 2.24) is 0 Å². The van der Waals surface area contributed by atoms with E-state index in [4.69, 9.17) is 5.73 Å². The number of hydrogen-bond acceptors (Lipinski definition) is 2. The maximum atomic E-state index is 12.3. The van der Waals surface area contributed by atoms with Crippen LogP contribution < -0.4 is 5.73 Å². The summed E-state index contributed by atoms with van der Waals surface area (Å²) < 4.78 is 0.864. The lowest BCUT2D eigenvalue weighted by Gasteiger charge is -2.08. The number of rotatable bonds is 2. The Kier molecular flexibility index (Phi) is 3.29. The van der Waals surface area contributed by atoms with E-state index in [-0.39, 0.29) is 5.78 Å². The Balaban J connectivity index is 2.52. The van der Waals surface area contributed by atoms with Gasteiger partial charge in [-0.15, -0.1) is 0 Å². The van der Waals surface area contributed by atoms with Crippen molar-refractivity contribution in [1.29, 1.82) is 0 Å². The van der Waals surface area contributed by atoms with Crippen molar-refractivity contribution in [3.8, 4) is 0 Å². The number of nitrogen functional groups attached to an aromatic ring is 1. The van der Waals surface area contributed by atoms with Gasteiger partial charge < -0.3 is 5.73 Å². The van der Waals surface area contributed by atoms with Gasteiger partial charge in [-0.2, -0.15) is 0 Å². The quantitative estimate of drug-likeness (QED) is 0.678. The van der Waals surface area contributed by atoms with Gasteiger partial charge in [0.25, 0.3) is 0 Å². The Morgan fingerprint density at radius 2 is 1.82 bits per heavy atom. The smallest absolute Gasteiger partial charge is 0.195 e. The molecule has 17 heavy (non-hydrogen) atoms. The molecule has 0 aliphatic rings. The van der Waals surface area contributed by atoms with Gasteiger partial charge in [0.15, 0.2) is 5.78 Å². The molecule has 0 amide bonds. The minimum Gasteiger partial charge on any atom is -0.398 e. The second-order valence-electron chi connectivity index (χ2n) is 3.88. The summed E-state index contributed by atoms with van der Waals surface area (Å²) in [5, 5.41) is 0. The topological polar surface area (TPSA) is 43.1 Å². The molecule has 2 N–H and O–H groups in total. The summed E-state index contributed by atoms with van der Waals surface area (Å²) in [7, 11) is 0. The summed E-state index contributed by atoms with van der Waals surface area (Å²) in [5.41, 5.74) is 8.59. The van der Waals surface area contributed by atoms with Gasteiger partial charge in [-0.1, -0.05) is 46.3 Å². The van der Waals surface area contributed by atoms with Gasteiger partial charge in [0.2, 0.25) is 0 Å². The van der Waals surface area contributed by atoms with Crippen molar-refractivity contribution in [2.75, 3.05) is 5.73 Å². The molecule has 0 bridgehead atoms. The monoisotopic (exact) mass is 289 g/mol. The highest BCUT2D eigenvalue weighted by atomic mass is 79.9. The maximum absolute atomic E-state index is 12.3. The van der Waals surface area contributed by atoms with E-state index in [1.165, 1.54) is 0 Å². The molecule has 0 radical (unpaired) electrons. The van der Waals surface area contributed by atoms with Crippen LogP contribution in [0.1, 0.15) is 21.5 Å². The molecule has 0 aromatic heterocycles. The van der Waals surface area contributed by atoms with E-state index in [1.807, 2.05) is 31.2 Å². The van der Waals surface area contributed by atoms with Crippen molar-refractivity contribution < 1.29 is 4.79 Å². The molecule has 0 aliphatic carbocycles. The number of carbonyl (C=O) groups is 1. The average molecular weight is 290 g/mol. The van der Waals surface area contributed by atoms with E-state index >= 15 is 0 Å². The zero-order valence-electron chi connectivity index (χ0n) is 9.41. The first kappa shape index (κ1) is 11.9. The molecule has 0 saturated heterocycles. The molecule has 86 valence electrons. The zero-order valence-corrected chi connectivity index (χ0v) is 11.0. The highest BCUT2D eigenvalue weighted by Crippen LogP contribution is 2.25. The second-order valence-corrected chi connectivity index (χ2v) is 4.79. The first-order chi connectivity index (χ1) is 8.09. The van der Waals surface area contributed by atoms with Crippen LogP contribution in [0, 0.1) is 6.92 Å². The van der Waals surface area contributed by atoms with Crippen LogP contribution in [-0.2, 0) is 0 Å². The lowest BCUT2D eigenvalue weighted by atomic mass is 9.99. The van der Waals surface area contributed by atoms with Gasteiger partial charge in [-0.3, -0.25) is 4.79 Å². The molecule has 0 saturated carbocycles. The third kappa shape index (κ3) is 2.39. The first-order valence-electron chi connectivity index (χ1n) is 5.25. The third-order valence-corrected chi connectivity index (χ3v) is 3.09. The fraction of sp³-hybridized carbons (Fsp3) is 0.0714. The first-order valence-corrected chi connectivity index (χ1v) is 6.04. The fourth-order valence-corrected chi connectivity index (χ4v) is 2.26. The molecule has 0 aliphatic heterocycles. The highest BCUT2D eigenvalue weighted by Gasteiger charge is 2.14. The summed E-state index contributed by atoms with van der Waals surface area (Å²) in [6, 6.07) is 12.8. The van der Waals surface area contributed by atoms with Crippen molar-refractivity contribution in [2.45, 2.75) is 6.92 Å². The summed E-state index contributed by atoms with van der Waals surface area (Å²) in [5.74, 6) is -0.0486. The van der Waals surface area contributed by atoms with Crippen molar-refractivity contribution in [3.05, 3.63) is 63.6 Å². The summed E-state index contributed by atoms with van der Waals surface area (Å²) in [6.07, 6.45) is 0. The van der Waals surface area contributed by atoms with Gasteiger partial charge in [0.1, 0.15) is 0 Å². The summed E-state index contributed by atoms with van der Waals surface area (Å²) >= 11 is 3.38. The van der Waals surface area contributed by atoms with E-state index in [1.54, 1.807) is 18.2 Å². The van der Waals surface area contributed by atoms with Gasteiger partial charge in [0, 0.05) is 21.3 Å². The Morgan fingerprint density at radius 1 is 1.18 bits per heavy atom. The average Bonchev–Trinajstić information content (AvgIpc) is 2.34. The highest BCUT2D eigenvalue weighted by molar-refractivity contribution is 9.10. The number of anilines is 1. The van der Waals surface area contributed by atoms with Gasteiger partial charge in [-0.25, -0.2) is 0 Å². The van der Waals surface area contributed by atoms with Crippen LogP contribution in [-0.4, -0.2) is 5.78 Å². The molecule has 2 nitrogen and oxygen atoms in total. The van der Waals surface area contributed by atoms with Gasteiger partial charge in [-0.05, 0) is 24.6 Å². The van der Waals surface area contributed by atoms with Crippen LogP contribution in [0.3, 0.4) is 0 Å². The third-order valence-electron chi connectivity index (χ3n) is 2.63. The molecule has 0 fully saturated rings. The Hall–Kier alpha value is -1.61. The predicted octanol–water partition coefficient (Wildman–Crippen LogP) is 3.57. The molecule has 0 atom stereocenters. The Bertz CT molecular complexity index is 564. The lowest BCUT2D eigenvalue weighted by molar-refractivity contribution is 0.103. The number of benzene rings is 2. The number of ketones is 1. The normalized spacial score (nSPS) is 10.2. The Labute approximate surface area is 109 Å². The fourth-order valence-electron chi connectivity index (χ4n) is 1.69. The molecule has 0 heterocycles. The van der Waals surface area contributed by atoms with E-state index in [0.29, 0.717) is 16.8 Å². The molecule has 2 aromatic rings. The molecule has 3 heteroatoms. The van der Waals surface area contributed by atoms with Crippen molar-refractivity contribution in [2.24, 2.45) is 0 Å². The number of nitrogens with two attached hydrogens (primary N) is 1. The lowest BCUT2D eigenvalue weighted by Crippen LogP contribution is -2.06. The molecule has 0 unspecified atom stereocenters. The van der Waals surface area contributed by atoms with Crippen LogP contribution in [0.5, 0.6) is 0 Å². The number of hydrogen-bond donors (Lipinski definition) is 1. The largest absolute Gasteiger partial charge is 0.398 e. The van der Waals surface area contributed by atoms with Crippen molar-refractivity contribution in [3.63, 3.8) is 0 Å². The van der Waals surface area contributed by atoms with Gasteiger partial charge in [0.05, 0.1) is 0 Å². The minimum absolute atomic E-state index is 0.0486. The zero-order chi connectivity index (χ0) is 12.4. The van der Waals surface area contributed by atoms with E-state index in [0.717, 1.165) is 10.0 Å². The van der Waals surface area contributed by atoms with Crippen LogP contribution in [0.15, 0.2) is 46.9 Å². The maximum Gasteiger partial charge on any atom is 0.195 e. The van der Waals surface area contributed by atoms with Crippen LogP contribution in [0.2, 0.25) is 0 Å². The van der Waals surface area contributed by atoms with Crippen LogP contribution in [0.25, 0.3) is 0 Å². The number of carbonyl (C=O) groups excluding carboxylic acids is 1. The number of aryl methyl sites for hydroxylation is 1. The minimum atomic E-state index is -0.0486. The summed E-state index contributed by atoms with van der Waals surface area (Å²) in [6.45, 7) is 1.89. The van der Waals surface area contributed by atoms with E-state index in [2.05, 4.69) is 15.9 Å². The van der Waals surface area contributed by atoms with E-state index < -0.39 is 0 Å². The Morgan fingerprint density at radius 3 is 2.47 bits per heavy atom. The predicted molar refractivity (Wildman–Crippen MR) is 73.2 cm³/mol.